The number of alkyl halides is 1. The van der Waals surface area contributed by atoms with Gasteiger partial charge in [0, 0.05) is 23.5 Å². The first-order valence-electron chi connectivity index (χ1n) is 3.82. The van der Waals surface area contributed by atoms with Gasteiger partial charge in [-0.15, -0.1) is 11.6 Å². The molecule has 0 spiro atoms. The lowest BCUT2D eigenvalue weighted by molar-refractivity contribution is 0.959. The van der Waals surface area contributed by atoms with Gasteiger partial charge in [-0.1, -0.05) is 11.3 Å². The minimum atomic E-state index is 0.519. The number of aryl methyl sites for hydroxylation is 1. The molecule has 2 aromatic heterocycles. The molecule has 5 heteroatoms. The van der Waals surface area contributed by atoms with E-state index in [-0.39, 0.29) is 0 Å². The number of aromatic nitrogens is 3. The third-order valence-corrected chi connectivity index (χ3v) is 3.15. The summed E-state index contributed by atoms with van der Waals surface area (Å²) in [5, 5.41) is 0.922. The topological polar surface area (TPSA) is 30.7 Å². The second-order valence-corrected chi connectivity index (χ2v) is 3.95. The van der Waals surface area contributed by atoms with Crippen molar-refractivity contribution < 1.29 is 0 Å². The van der Waals surface area contributed by atoms with E-state index in [0.717, 1.165) is 15.8 Å². The van der Waals surface area contributed by atoms with Crippen LogP contribution in [-0.2, 0) is 5.88 Å². The maximum absolute atomic E-state index is 5.69. The highest BCUT2D eigenvalue weighted by molar-refractivity contribution is 7.14. The van der Waals surface area contributed by atoms with Gasteiger partial charge in [0.15, 0.2) is 5.13 Å². The van der Waals surface area contributed by atoms with E-state index in [4.69, 9.17) is 11.6 Å². The van der Waals surface area contributed by atoms with E-state index in [2.05, 4.69) is 9.97 Å². The van der Waals surface area contributed by atoms with Crippen molar-refractivity contribution in [2.24, 2.45) is 0 Å². The molecule has 2 aromatic rings. The molecule has 0 fully saturated rings. The maximum atomic E-state index is 5.69. The minimum absolute atomic E-state index is 0.519. The Morgan fingerprint density at radius 3 is 2.92 bits per heavy atom. The Morgan fingerprint density at radius 2 is 2.38 bits per heavy atom. The molecule has 0 unspecified atom stereocenters. The molecule has 0 aromatic carbocycles. The number of imidazole rings is 1. The molecule has 0 saturated heterocycles. The number of halogens is 1. The Kier molecular flexibility index (Phi) is 2.33. The number of rotatable bonds is 2. The number of nitrogens with zero attached hydrogens (tertiary/aromatic N) is 3. The molecule has 2 rings (SSSR count). The monoisotopic (exact) mass is 213 g/mol. The Morgan fingerprint density at radius 1 is 1.54 bits per heavy atom. The van der Waals surface area contributed by atoms with Gasteiger partial charge in [-0.2, -0.15) is 0 Å². The lowest BCUT2D eigenvalue weighted by Crippen LogP contribution is -1.93. The van der Waals surface area contributed by atoms with Crippen LogP contribution in [0.3, 0.4) is 0 Å². The highest BCUT2D eigenvalue weighted by Gasteiger charge is 2.04. The zero-order valence-corrected chi connectivity index (χ0v) is 8.64. The zero-order chi connectivity index (χ0) is 9.26. The average Bonchev–Trinajstić information content (AvgIpc) is 2.71. The first-order valence-corrected chi connectivity index (χ1v) is 5.17. The van der Waals surface area contributed by atoms with Crippen LogP contribution in [0.5, 0.6) is 0 Å². The van der Waals surface area contributed by atoms with E-state index < -0.39 is 0 Å². The summed E-state index contributed by atoms with van der Waals surface area (Å²) < 4.78 is 1.95. The van der Waals surface area contributed by atoms with Crippen molar-refractivity contribution >= 4 is 22.9 Å². The SMILES string of the molecule is Cc1nccn1-c1ncc(CCl)s1. The van der Waals surface area contributed by atoms with Crippen molar-refractivity contribution in [1.82, 2.24) is 14.5 Å². The van der Waals surface area contributed by atoms with Crippen LogP contribution in [-0.4, -0.2) is 14.5 Å². The molecule has 0 bridgehead atoms. The maximum Gasteiger partial charge on any atom is 0.195 e. The Balaban J connectivity index is 2.41. The van der Waals surface area contributed by atoms with Crippen LogP contribution in [0.15, 0.2) is 18.6 Å². The van der Waals surface area contributed by atoms with E-state index in [0.29, 0.717) is 5.88 Å². The standard InChI is InChI=1S/C8H8ClN3S/c1-6-10-2-3-12(6)8-11-5-7(4-9)13-8/h2-3,5H,4H2,1H3. The van der Waals surface area contributed by atoms with E-state index >= 15 is 0 Å². The van der Waals surface area contributed by atoms with Gasteiger partial charge in [0.05, 0.1) is 5.88 Å². The van der Waals surface area contributed by atoms with Gasteiger partial charge in [0.2, 0.25) is 0 Å². The van der Waals surface area contributed by atoms with Gasteiger partial charge in [0.25, 0.3) is 0 Å². The first-order chi connectivity index (χ1) is 6.31. The van der Waals surface area contributed by atoms with Gasteiger partial charge in [-0.25, -0.2) is 9.97 Å². The van der Waals surface area contributed by atoms with Crippen LogP contribution in [0.4, 0.5) is 0 Å². The fourth-order valence-electron chi connectivity index (χ4n) is 1.05. The summed E-state index contributed by atoms with van der Waals surface area (Å²) in [5.74, 6) is 1.46. The molecule has 2 heterocycles. The number of hydrogen-bond donors (Lipinski definition) is 0. The van der Waals surface area contributed by atoms with E-state index in [9.17, 15) is 0 Å². The van der Waals surface area contributed by atoms with E-state index in [1.54, 1.807) is 23.7 Å². The summed E-state index contributed by atoms with van der Waals surface area (Å²) in [6.45, 7) is 1.95. The molecule has 0 amide bonds. The summed E-state index contributed by atoms with van der Waals surface area (Å²) >= 11 is 7.27. The second-order valence-electron chi connectivity index (χ2n) is 2.59. The van der Waals surface area contributed by atoms with Crippen molar-refractivity contribution in [3.8, 4) is 5.13 Å². The van der Waals surface area contributed by atoms with Gasteiger partial charge in [-0.3, -0.25) is 4.57 Å². The molecule has 0 aliphatic rings. The normalized spacial score (nSPS) is 10.6. The Hall–Kier alpha value is -0.870. The minimum Gasteiger partial charge on any atom is -0.279 e. The van der Waals surface area contributed by atoms with Crippen molar-refractivity contribution in [3.05, 3.63) is 29.3 Å². The van der Waals surface area contributed by atoms with Crippen LogP contribution < -0.4 is 0 Å². The fraction of sp³-hybridized carbons (Fsp3) is 0.250. The molecule has 0 aliphatic heterocycles. The molecule has 13 heavy (non-hydrogen) atoms. The van der Waals surface area contributed by atoms with Crippen LogP contribution >= 0.6 is 22.9 Å². The molecular formula is C8H8ClN3S. The van der Waals surface area contributed by atoms with Crippen LogP contribution in [0.1, 0.15) is 10.7 Å². The van der Waals surface area contributed by atoms with Crippen molar-refractivity contribution in [2.75, 3.05) is 0 Å². The largest absolute Gasteiger partial charge is 0.279 e. The predicted octanol–water partition coefficient (Wildman–Crippen LogP) is 2.38. The molecule has 0 N–H and O–H groups in total. The highest BCUT2D eigenvalue weighted by Crippen LogP contribution is 2.19. The lowest BCUT2D eigenvalue weighted by Gasteiger charge is -1.96. The van der Waals surface area contributed by atoms with Crippen molar-refractivity contribution in [1.29, 1.82) is 0 Å². The molecule has 0 aliphatic carbocycles. The quantitative estimate of drug-likeness (QED) is 0.718. The van der Waals surface area contributed by atoms with E-state index in [1.165, 1.54) is 0 Å². The average molecular weight is 214 g/mol. The molecule has 3 nitrogen and oxygen atoms in total. The summed E-state index contributed by atoms with van der Waals surface area (Å²) in [5.41, 5.74) is 0. The third-order valence-electron chi connectivity index (χ3n) is 1.70. The molecule has 68 valence electrons. The summed E-state index contributed by atoms with van der Waals surface area (Å²) in [7, 11) is 0. The first kappa shape index (κ1) is 8.72. The Bertz CT molecular complexity index is 407. The van der Waals surface area contributed by atoms with Crippen LogP contribution in [0.25, 0.3) is 5.13 Å². The molecular weight excluding hydrogens is 206 g/mol. The zero-order valence-electron chi connectivity index (χ0n) is 7.07. The molecule has 0 atom stereocenters. The van der Waals surface area contributed by atoms with Crippen LogP contribution in [0.2, 0.25) is 0 Å². The van der Waals surface area contributed by atoms with Crippen molar-refractivity contribution in [2.45, 2.75) is 12.8 Å². The summed E-state index contributed by atoms with van der Waals surface area (Å²) in [4.78, 5) is 9.45. The molecule has 0 radical (unpaired) electrons. The number of thiazole rings is 1. The van der Waals surface area contributed by atoms with Crippen LogP contribution in [0, 0.1) is 6.92 Å². The van der Waals surface area contributed by atoms with Gasteiger partial charge in [0.1, 0.15) is 5.82 Å². The molecule has 0 saturated carbocycles. The third kappa shape index (κ3) is 1.59. The van der Waals surface area contributed by atoms with Gasteiger partial charge < -0.3 is 0 Å². The fourth-order valence-corrected chi connectivity index (χ4v) is 2.07. The van der Waals surface area contributed by atoms with E-state index in [1.807, 2.05) is 17.7 Å². The highest BCUT2D eigenvalue weighted by atomic mass is 35.5. The van der Waals surface area contributed by atoms with Crippen molar-refractivity contribution in [3.63, 3.8) is 0 Å². The summed E-state index contributed by atoms with van der Waals surface area (Å²) in [6, 6.07) is 0. The summed E-state index contributed by atoms with van der Waals surface area (Å²) in [6.07, 6.45) is 5.45. The second kappa shape index (κ2) is 3.47. The predicted molar refractivity (Wildman–Crippen MR) is 53.5 cm³/mol. The van der Waals surface area contributed by atoms with Gasteiger partial charge >= 0.3 is 0 Å². The lowest BCUT2D eigenvalue weighted by atomic mass is 10.6. The van der Waals surface area contributed by atoms with Gasteiger partial charge in [-0.05, 0) is 6.92 Å². The Labute approximate surface area is 85.0 Å². The smallest absolute Gasteiger partial charge is 0.195 e. The number of hydrogen-bond acceptors (Lipinski definition) is 3.